The number of rotatable bonds is 4. The van der Waals surface area contributed by atoms with Gasteiger partial charge in [-0.05, 0) is 35.9 Å². The van der Waals surface area contributed by atoms with Crippen molar-refractivity contribution in [3.63, 3.8) is 0 Å². The molecule has 1 amide bonds. The van der Waals surface area contributed by atoms with Gasteiger partial charge in [-0.2, -0.15) is 18.3 Å². The van der Waals surface area contributed by atoms with E-state index >= 15 is 0 Å². The highest BCUT2D eigenvalue weighted by atomic mass is 35.5. The molecule has 0 aliphatic heterocycles. The fourth-order valence-corrected chi connectivity index (χ4v) is 2.45. The number of halogens is 4. The first-order valence-corrected chi connectivity index (χ1v) is 7.81. The van der Waals surface area contributed by atoms with Crippen LogP contribution in [0.4, 0.5) is 18.9 Å². The largest absolute Gasteiger partial charge is 0.416 e. The average Bonchev–Trinajstić information content (AvgIpc) is 3.10. The average molecular weight is 381 g/mol. The maximum absolute atomic E-state index is 13.0. The number of aromatic nitrogens is 3. The van der Waals surface area contributed by atoms with Crippen molar-refractivity contribution in [1.82, 2.24) is 14.8 Å². The number of nitrogens with one attached hydrogen (secondary N) is 1. The van der Waals surface area contributed by atoms with Crippen molar-refractivity contribution in [3.05, 3.63) is 71.3 Å². The lowest BCUT2D eigenvalue weighted by Gasteiger charge is -2.14. The number of amides is 1. The molecule has 0 fully saturated rings. The number of hydrogen-bond donors (Lipinski definition) is 1. The van der Waals surface area contributed by atoms with Crippen LogP contribution in [0.2, 0.25) is 5.02 Å². The maximum Gasteiger partial charge on any atom is 0.416 e. The van der Waals surface area contributed by atoms with E-state index in [9.17, 15) is 18.0 Å². The Morgan fingerprint density at radius 3 is 2.50 bits per heavy atom. The summed E-state index contributed by atoms with van der Waals surface area (Å²) in [5.74, 6) is -0.465. The molecule has 3 rings (SSSR count). The second kappa shape index (κ2) is 7.17. The van der Waals surface area contributed by atoms with Crippen LogP contribution in [0.3, 0.4) is 0 Å². The molecule has 3 aromatic rings. The van der Waals surface area contributed by atoms with E-state index in [0.717, 1.165) is 12.1 Å². The topological polar surface area (TPSA) is 59.8 Å². The molecule has 0 aliphatic rings. The van der Waals surface area contributed by atoms with Gasteiger partial charge in [0.15, 0.2) is 0 Å². The van der Waals surface area contributed by atoms with Crippen molar-refractivity contribution < 1.29 is 18.0 Å². The summed E-state index contributed by atoms with van der Waals surface area (Å²) in [4.78, 5) is 16.0. The molecule has 5 nitrogen and oxygen atoms in total. The van der Waals surface area contributed by atoms with Gasteiger partial charge in [0.05, 0.1) is 23.4 Å². The first-order chi connectivity index (χ1) is 12.3. The van der Waals surface area contributed by atoms with Gasteiger partial charge in [-0.3, -0.25) is 4.79 Å². The lowest BCUT2D eigenvalue weighted by atomic mass is 10.1. The summed E-state index contributed by atoms with van der Waals surface area (Å²) in [5.41, 5.74) is 0.0774. The first-order valence-electron chi connectivity index (χ1n) is 7.43. The van der Waals surface area contributed by atoms with Crippen LogP contribution in [-0.2, 0) is 17.4 Å². The van der Waals surface area contributed by atoms with Crippen LogP contribution in [-0.4, -0.2) is 20.7 Å². The maximum atomic E-state index is 13.0. The van der Waals surface area contributed by atoms with E-state index in [4.69, 9.17) is 11.6 Å². The molecule has 9 heteroatoms. The van der Waals surface area contributed by atoms with E-state index in [0.29, 0.717) is 10.6 Å². The number of nitrogens with zero attached hydrogens (tertiary/aromatic N) is 3. The highest BCUT2D eigenvalue weighted by Gasteiger charge is 2.31. The lowest BCUT2D eigenvalue weighted by molar-refractivity contribution is -0.137. The van der Waals surface area contributed by atoms with Gasteiger partial charge in [0.2, 0.25) is 5.91 Å². The Labute approximate surface area is 151 Å². The monoisotopic (exact) mass is 380 g/mol. The number of benzene rings is 2. The fourth-order valence-electron chi connectivity index (χ4n) is 2.33. The van der Waals surface area contributed by atoms with E-state index in [1.807, 2.05) is 0 Å². The van der Waals surface area contributed by atoms with Crippen LogP contribution in [0.5, 0.6) is 0 Å². The summed E-state index contributed by atoms with van der Waals surface area (Å²) < 4.78 is 40.3. The Morgan fingerprint density at radius 1 is 1.15 bits per heavy atom. The Morgan fingerprint density at radius 2 is 1.88 bits per heavy atom. The minimum absolute atomic E-state index is 0.00971. The van der Waals surface area contributed by atoms with Crippen LogP contribution in [0, 0.1) is 0 Å². The van der Waals surface area contributed by atoms with Crippen LogP contribution < -0.4 is 5.32 Å². The summed E-state index contributed by atoms with van der Waals surface area (Å²) in [6.45, 7) is 0. The number of hydrogen-bond acceptors (Lipinski definition) is 3. The molecule has 0 unspecified atom stereocenters. The van der Waals surface area contributed by atoms with Crippen molar-refractivity contribution in [2.75, 3.05) is 5.32 Å². The quantitative estimate of drug-likeness (QED) is 0.740. The highest BCUT2D eigenvalue weighted by molar-refractivity contribution is 6.30. The van der Waals surface area contributed by atoms with Crippen molar-refractivity contribution in [2.24, 2.45) is 0 Å². The molecule has 2 aromatic carbocycles. The molecule has 1 heterocycles. The van der Waals surface area contributed by atoms with Gasteiger partial charge in [0.1, 0.15) is 12.7 Å². The molecular formula is C17H12ClF3N4O. The zero-order chi connectivity index (χ0) is 18.7. The second-order valence-corrected chi connectivity index (χ2v) is 5.86. The van der Waals surface area contributed by atoms with Crippen molar-refractivity contribution in [3.8, 4) is 5.69 Å². The van der Waals surface area contributed by atoms with E-state index < -0.39 is 17.6 Å². The molecule has 1 N–H and O–H groups in total. The van der Waals surface area contributed by atoms with Crippen LogP contribution >= 0.6 is 11.6 Å². The normalized spacial score (nSPS) is 11.4. The minimum atomic E-state index is -4.53. The Kier molecular flexibility index (Phi) is 4.94. The van der Waals surface area contributed by atoms with Crippen molar-refractivity contribution in [2.45, 2.75) is 12.6 Å². The van der Waals surface area contributed by atoms with E-state index in [1.165, 1.54) is 23.4 Å². The third-order valence-corrected chi connectivity index (χ3v) is 3.79. The lowest BCUT2D eigenvalue weighted by Crippen LogP contribution is -2.17. The molecule has 0 spiro atoms. The highest BCUT2D eigenvalue weighted by Crippen LogP contribution is 2.33. The summed E-state index contributed by atoms with van der Waals surface area (Å²) >= 11 is 5.79. The number of carbonyl (C=O) groups is 1. The predicted octanol–water partition coefficient (Wildman–Crippen LogP) is 4.12. The van der Waals surface area contributed by atoms with Gasteiger partial charge >= 0.3 is 6.18 Å². The van der Waals surface area contributed by atoms with Gasteiger partial charge in [0.25, 0.3) is 0 Å². The minimum Gasteiger partial charge on any atom is -0.324 e. The molecule has 0 aliphatic carbocycles. The van der Waals surface area contributed by atoms with E-state index in [-0.39, 0.29) is 17.8 Å². The Balaban J connectivity index is 1.88. The molecule has 0 bridgehead atoms. The zero-order valence-electron chi connectivity index (χ0n) is 13.2. The van der Waals surface area contributed by atoms with Gasteiger partial charge < -0.3 is 5.32 Å². The Hall–Kier alpha value is -2.87. The van der Waals surface area contributed by atoms with Crippen molar-refractivity contribution >= 4 is 23.2 Å². The molecule has 0 saturated heterocycles. The van der Waals surface area contributed by atoms with Gasteiger partial charge in [-0.25, -0.2) is 9.67 Å². The fraction of sp³-hybridized carbons (Fsp3) is 0.118. The number of anilines is 1. The molecular weight excluding hydrogens is 369 g/mol. The third-order valence-electron chi connectivity index (χ3n) is 3.54. The smallest absolute Gasteiger partial charge is 0.324 e. The molecule has 0 atom stereocenters. The van der Waals surface area contributed by atoms with E-state index in [2.05, 4.69) is 15.4 Å². The third kappa shape index (κ3) is 4.20. The standard InChI is InChI=1S/C17H12ClF3N4O/c18-13-4-1-11(2-5-13)7-16(26)24-14-8-12(17(19,20)21)3-6-15(14)25-10-22-9-23-25/h1-6,8-10H,7H2,(H,24,26). The van der Waals surface area contributed by atoms with Gasteiger partial charge in [0, 0.05) is 5.02 Å². The van der Waals surface area contributed by atoms with Crippen molar-refractivity contribution in [1.29, 1.82) is 0 Å². The summed E-state index contributed by atoms with van der Waals surface area (Å²) in [7, 11) is 0. The SMILES string of the molecule is O=C(Cc1ccc(Cl)cc1)Nc1cc(C(F)(F)F)ccc1-n1cncn1. The van der Waals surface area contributed by atoms with Crippen LogP contribution in [0.25, 0.3) is 5.69 Å². The van der Waals surface area contributed by atoms with Gasteiger partial charge in [-0.15, -0.1) is 0 Å². The molecule has 1 aromatic heterocycles. The zero-order valence-corrected chi connectivity index (χ0v) is 13.9. The summed E-state index contributed by atoms with van der Waals surface area (Å²) in [6.07, 6.45) is -1.96. The van der Waals surface area contributed by atoms with Gasteiger partial charge in [-0.1, -0.05) is 23.7 Å². The molecule has 0 radical (unpaired) electrons. The number of carbonyl (C=O) groups excluding carboxylic acids is 1. The molecule has 0 saturated carbocycles. The second-order valence-electron chi connectivity index (χ2n) is 5.42. The predicted molar refractivity (Wildman–Crippen MR) is 90.1 cm³/mol. The molecule has 134 valence electrons. The summed E-state index contributed by atoms with van der Waals surface area (Å²) in [5, 5.41) is 6.94. The van der Waals surface area contributed by atoms with Crippen LogP contribution in [0.1, 0.15) is 11.1 Å². The van der Waals surface area contributed by atoms with E-state index in [1.54, 1.807) is 24.3 Å². The van der Waals surface area contributed by atoms with Crippen LogP contribution in [0.15, 0.2) is 55.1 Å². The summed E-state index contributed by atoms with van der Waals surface area (Å²) in [6, 6.07) is 9.64. The Bertz CT molecular complexity index is 909. The first kappa shape index (κ1) is 17.9. The number of alkyl halides is 3. The molecule has 26 heavy (non-hydrogen) atoms.